The third-order valence-corrected chi connectivity index (χ3v) is 3.52. The molecule has 0 saturated heterocycles. The lowest BCUT2D eigenvalue weighted by Gasteiger charge is -2.12. The minimum Gasteiger partial charge on any atom is -0.378 e. The van der Waals surface area contributed by atoms with Crippen LogP contribution in [-0.2, 0) is 6.42 Å². The molecule has 3 nitrogen and oxygen atoms in total. The van der Waals surface area contributed by atoms with Crippen LogP contribution in [0.3, 0.4) is 0 Å². The average molecular weight is 294 g/mol. The Morgan fingerprint density at radius 2 is 1.68 bits per heavy atom. The molecule has 0 amide bonds. The van der Waals surface area contributed by atoms with Gasteiger partial charge in [-0.05, 0) is 36.2 Å². The zero-order chi connectivity index (χ0) is 15.9. The SMILES string of the molecule is CCc1ccc(C(=O)/C=C/Nc2ccc(N(C)C)cc2)cc1. The van der Waals surface area contributed by atoms with Crippen molar-refractivity contribution in [2.24, 2.45) is 0 Å². The van der Waals surface area contributed by atoms with E-state index in [1.54, 1.807) is 12.3 Å². The van der Waals surface area contributed by atoms with E-state index in [0.29, 0.717) is 5.56 Å². The maximum atomic E-state index is 12.0. The Labute approximate surface area is 132 Å². The van der Waals surface area contributed by atoms with E-state index in [1.807, 2.05) is 67.5 Å². The summed E-state index contributed by atoms with van der Waals surface area (Å²) in [5.74, 6) is 0.0000599. The van der Waals surface area contributed by atoms with E-state index in [-0.39, 0.29) is 5.78 Å². The van der Waals surface area contributed by atoms with Gasteiger partial charge in [0, 0.05) is 43.3 Å². The zero-order valence-corrected chi connectivity index (χ0v) is 13.3. The van der Waals surface area contributed by atoms with Crippen LogP contribution in [-0.4, -0.2) is 19.9 Å². The number of benzene rings is 2. The van der Waals surface area contributed by atoms with E-state index in [0.717, 1.165) is 17.8 Å². The summed E-state index contributed by atoms with van der Waals surface area (Å²) in [6, 6.07) is 15.8. The van der Waals surface area contributed by atoms with Crippen LogP contribution in [0.2, 0.25) is 0 Å². The molecule has 0 heterocycles. The normalized spacial score (nSPS) is 10.7. The molecule has 0 unspecified atom stereocenters. The van der Waals surface area contributed by atoms with E-state index in [2.05, 4.69) is 12.2 Å². The first kappa shape index (κ1) is 15.8. The molecule has 1 N–H and O–H groups in total. The first-order valence-corrected chi connectivity index (χ1v) is 7.44. The predicted octanol–water partition coefficient (Wildman–Crippen LogP) is 4.12. The van der Waals surface area contributed by atoms with Gasteiger partial charge in [0.1, 0.15) is 0 Å². The Morgan fingerprint density at radius 3 is 2.23 bits per heavy atom. The average Bonchev–Trinajstić information content (AvgIpc) is 2.55. The molecule has 0 aliphatic carbocycles. The molecule has 0 fully saturated rings. The molecule has 0 aliphatic heterocycles. The van der Waals surface area contributed by atoms with E-state index in [1.165, 1.54) is 5.56 Å². The molecule has 3 heteroatoms. The zero-order valence-electron chi connectivity index (χ0n) is 13.3. The molecule has 0 spiro atoms. The molecular formula is C19H22N2O. The highest BCUT2D eigenvalue weighted by Crippen LogP contribution is 2.15. The van der Waals surface area contributed by atoms with Crippen molar-refractivity contribution in [2.45, 2.75) is 13.3 Å². The highest BCUT2D eigenvalue weighted by Gasteiger charge is 2.01. The molecular weight excluding hydrogens is 272 g/mol. The fourth-order valence-electron chi connectivity index (χ4n) is 2.07. The van der Waals surface area contributed by atoms with Gasteiger partial charge in [0.25, 0.3) is 0 Å². The van der Waals surface area contributed by atoms with Crippen molar-refractivity contribution in [3.8, 4) is 0 Å². The van der Waals surface area contributed by atoms with Crippen molar-refractivity contribution >= 4 is 17.2 Å². The maximum absolute atomic E-state index is 12.0. The molecule has 0 saturated carbocycles. The number of nitrogens with zero attached hydrogens (tertiary/aromatic N) is 1. The first-order chi connectivity index (χ1) is 10.6. The van der Waals surface area contributed by atoms with Crippen LogP contribution in [0.25, 0.3) is 0 Å². The summed E-state index contributed by atoms with van der Waals surface area (Å²) in [5, 5.41) is 3.11. The van der Waals surface area contributed by atoms with Crippen LogP contribution in [0.1, 0.15) is 22.8 Å². The van der Waals surface area contributed by atoms with Gasteiger partial charge in [0.2, 0.25) is 0 Å². The largest absolute Gasteiger partial charge is 0.378 e. The Hall–Kier alpha value is -2.55. The Bertz CT molecular complexity index is 640. The van der Waals surface area contributed by atoms with E-state index in [4.69, 9.17) is 0 Å². The summed E-state index contributed by atoms with van der Waals surface area (Å²) < 4.78 is 0. The van der Waals surface area contributed by atoms with Gasteiger partial charge in [-0.1, -0.05) is 31.2 Å². The number of ketones is 1. The van der Waals surface area contributed by atoms with Gasteiger partial charge in [-0.15, -0.1) is 0 Å². The number of allylic oxidation sites excluding steroid dienone is 1. The molecule has 2 aromatic carbocycles. The van der Waals surface area contributed by atoms with Gasteiger partial charge in [-0.25, -0.2) is 0 Å². The van der Waals surface area contributed by atoms with Gasteiger partial charge in [-0.2, -0.15) is 0 Å². The summed E-state index contributed by atoms with van der Waals surface area (Å²) in [6.07, 6.45) is 4.22. The molecule has 0 aromatic heterocycles. The second-order valence-corrected chi connectivity index (χ2v) is 5.33. The van der Waals surface area contributed by atoms with Gasteiger partial charge >= 0.3 is 0 Å². The number of carbonyl (C=O) groups excluding carboxylic acids is 1. The topological polar surface area (TPSA) is 32.3 Å². The lowest BCUT2D eigenvalue weighted by atomic mass is 10.1. The van der Waals surface area contributed by atoms with Crippen molar-refractivity contribution in [2.75, 3.05) is 24.3 Å². The highest BCUT2D eigenvalue weighted by molar-refractivity contribution is 6.04. The summed E-state index contributed by atoms with van der Waals surface area (Å²) in [5.41, 5.74) is 4.04. The number of aryl methyl sites for hydroxylation is 1. The number of anilines is 2. The smallest absolute Gasteiger partial charge is 0.187 e. The van der Waals surface area contributed by atoms with Crippen molar-refractivity contribution in [3.05, 3.63) is 71.9 Å². The second-order valence-electron chi connectivity index (χ2n) is 5.33. The number of hydrogen-bond donors (Lipinski definition) is 1. The summed E-state index contributed by atoms with van der Waals surface area (Å²) in [6.45, 7) is 2.10. The number of hydrogen-bond acceptors (Lipinski definition) is 3. The molecule has 0 aliphatic rings. The Morgan fingerprint density at radius 1 is 1.05 bits per heavy atom. The van der Waals surface area contributed by atoms with Crippen LogP contribution in [0.15, 0.2) is 60.8 Å². The predicted molar refractivity (Wildman–Crippen MR) is 93.7 cm³/mol. The number of carbonyl (C=O) groups is 1. The highest BCUT2D eigenvalue weighted by atomic mass is 16.1. The van der Waals surface area contributed by atoms with Crippen molar-refractivity contribution in [1.29, 1.82) is 0 Å². The summed E-state index contributed by atoms with van der Waals surface area (Å²) in [7, 11) is 4.01. The van der Waals surface area contributed by atoms with Gasteiger partial charge in [-0.3, -0.25) is 4.79 Å². The standard InChI is InChI=1S/C19H22N2O/c1-4-15-5-7-16(8-6-15)19(22)13-14-20-17-9-11-18(12-10-17)21(2)3/h5-14,20H,4H2,1-3H3/b14-13+. The molecule has 2 aromatic rings. The van der Waals surface area contributed by atoms with Crippen molar-refractivity contribution in [1.82, 2.24) is 0 Å². The Balaban J connectivity index is 1.94. The van der Waals surface area contributed by atoms with E-state index < -0.39 is 0 Å². The molecule has 0 atom stereocenters. The van der Waals surface area contributed by atoms with Crippen LogP contribution < -0.4 is 10.2 Å². The molecule has 0 radical (unpaired) electrons. The molecule has 0 bridgehead atoms. The Kier molecular flexibility index (Phi) is 5.37. The van der Waals surface area contributed by atoms with E-state index in [9.17, 15) is 4.79 Å². The fraction of sp³-hybridized carbons (Fsp3) is 0.211. The monoisotopic (exact) mass is 294 g/mol. The lowest BCUT2D eigenvalue weighted by molar-refractivity contribution is 0.104. The van der Waals surface area contributed by atoms with Gasteiger partial charge in [0.15, 0.2) is 5.78 Å². The van der Waals surface area contributed by atoms with Gasteiger partial charge < -0.3 is 10.2 Å². The molecule has 114 valence electrons. The van der Waals surface area contributed by atoms with Crippen LogP contribution >= 0.6 is 0 Å². The van der Waals surface area contributed by atoms with Crippen molar-refractivity contribution in [3.63, 3.8) is 0 Å². The molecule has 2 rings (SSSR count). The summed E-state index contributed by atoms with van der Waals surface area (Å²) >= 11 is 0. The second kappa shape index (κ2) is 7.46. The quantitative estimate of drug-likeness (QED) is 0.642. The van der Waals surface area contributed by atoms with E-state index >= 15 is 0 Å². The minimum atomic E-state index is 0.0000599. The van der Waals surface area contributed by atoms with Gasteiger partial charge in [0.05, 0.1) is 0 Å². The lowest BCUT2D eigenvalue weighted by Crippen LogP contribution is -2.08. The third kappa shape index (κ3) is 4.22. The van der Waals surface area contributed by atoms with Crippen LogP contribution in [0.5, 0.6) is 0 Å². The van der Waals surface area contributed by atoms with Crippen LogP contribution in [0, 0.1) is 0 Å². The minimum absolute atomic E-state index is 0.0000599. The summed E-state index contributed by atoms with van der Waals surface area (Å²) in [4.78, 5) is 14.1. The first-order valence-electron chi connectivity index (χ1n) is 7.44. The molecule has 22 heavy (non-hydrogen) atoms. The fourth-order valence-corrected chi connectivity index (χ4v) is 2.07. The number of nitrogens with one attached hydrogen (secondary N) is 1. The number of rotatable bonds is 6. The third-order valence-electron chi connectivity index (χ3n) is 3.52. The van der Waals surface area contributed by atoms with Crippen LogP contribution in [0.4, 0.5) is 11.4 Å². The maximum Gasteiger partial charge on any atom is 0.187 e. The van der Waals surface area contributed by atoms with Crippen molar-refractivity contribution < 1.29 is 4.79 Å².